The summed E-state index contributed by atoms with van der Waals surface area (Å²) in [5, 5.41) is 0.450. The van der Waals surface area contributed by atoms with Gasteiger partial charge in [0.05, 0.1) is 11.6 Å². The van der Waals surface area contributed by atoms with Gasteiger partial charge < -0.3 is 15.2 Å². The second-order valence-corrected chi connectivity index (χ2v) is 5.25. The highest BCUT2D eigenvalue weighted by Crippen LogP contribution is 2.35. The minimum atomic E-state index is 0.301. The van der Waals surface area contributed by atoms with Crippen LogP contribution in [0.3, 0.4) is 0 Å². The lowest BCUT2D eigenvalue weighted by Crippen LogP contribution is -2.09. The zero-order valence-corrected chi connectivity index (χ0v) is 13.2. The predicted octanol–water partition coefficient (Wildman–Crippen LogP) is 4.56. The first-order chi connectivity index (χ1) is 10.1. The number of thiocarbonyl (C=S) groups is 1. The SMILES string of the molecule is CCCOc1ccccc1Oc1ccc(C(N)=S)cc1Cl. The molecule has 0 saturated heterocycles. The molecule has 0 aromatic heterocycles. The molecule has 0 aliphatic carbocycles. The van der Waals surface area contributed by atoms with E-state index in [1.54, 1.807) is 18.2 Å². The normalized spacial score (nSPS) is 10.2. The quantitative estimate of drug-likeness (QED) is 0.792. The Morgan fingerprint density at radius 2 is 1.86 bits per heavy atom. The summed E-state index contributed by atoms with van der Waals surface area (Å²) in [6.45, 7) is 2.68. The molecule has 0 bridgehead atoms. The van der Waals surface area contributed by atoms with Gasteiger partial charge in [0, 0.05) is 5.56 Å². The maximum Gasteiger partial charge on any atom is 0.169 e. The summed E-state index contributed by atoms with van der Waals surface area (Å²) in [6, 6.07) is 12.7. The minimum absolute atomic E-state index is 0.301. The molecule has 0 aliphatic heterocycles. The lowest BCUT2D eigenvalue weighted by atomic mass is 10.2. The van der Waals surface area contributed by atoms with E-state index in [9.17, 15) is 0 Å². The Bertz CT molecular complexity index is 646. The Labute approximate surface area is 134 Å². The number of nitrogens with two attached hydrogens (primary N) is 1. The van der Waals surface area contributed by atoms with Crippen molar-refractivity contribution in [2.24, 2.45) is 5.73 Å². The van der Waals surface area contributed by atoms with Crippen LogP contribution in [0.1, 0.15) is 18.9 Å². The topological polar surface area (TPSA) is 44.5 Å². The number of para-hydroxylation sites is 2. The van der Waals surface area contributed by atoms with Crippen molar-refractivity contribution in [3.8, 4) is 17.2 Å². The van der Waals surface area contributed by atoms with Crippen molar-refractivity contribution in [3.05, 3.63) is 53.1 Å². The van der Waals surface area contributed by atoms with Gasteiger partial charge in [0.2, 0.25) is 0 Å². The first kappa shape index (κ1) is 15.6. The van der Waals surface area contributed by atoms with Gasteiger partial charge in [-0.25, -0.2) is 0 Å². The lowest BCUT2D eigenvalue weighted by molar-refractivity contribution is 0.302. The predicted molar refractivity (Wildman–Crippen MR) is 89.6 cm³/mol. The summed E-state index contributed by atoms with van der Waals surface area (Å²) in [5.41, 5.74) is 6.28. The van der Waals surface area contributed by atoms with Crippen LogP contribution in [0.25, 0.3) is 0 Å². The van der Waals surface area contributed by atoms with E-state index in [0.717, 1.165) is 6.42 Å². The zero-order valence-electron chi connectivity index (χ0n) is 11.6. The van der Waals surface area contributed by atoms with E-state index in [1.165, 1.54) is 0 Å². The number of rotatable bonds is 6. The number of benzene rings is 2. The molecule has 0 unspecified atom stereocenters. The highest BCUT2D eigenvalue weighted by Gasteiger charge is 2.09. The van der Waals surface area contributed by atoms with Gasteiger partial charge in [0.25, 0.3) is 0 Å². The van der Waals surface area contributed by atoms with Crippen LogP contribution in [0.15, 0.2) is 42.5 Å². The highest BCUT2D eigenvalue weighted by molar-refractivity contribution is 7.80. The van der Waals surface area contributed by atoms with Crippen molar-refractivity contribution in [1.82, 2.24) is 0 Å². The van der Waals surface area contributed by atoms with Crippen molar-refractivity contribution in [2.75, 3.05) is 6.61 Å². The molecule has 0 spiro atoms. The summed E-state index contributed by atoms with van der Waals surface area (Å²) in [6.07, 6.45) is 0.928. The molecule has 2 rings (SSSR count). The molecular formula is C16H16ClNO2S. The van der Waals surface area contributed by atoms with Crippen molar-refractivity contribution in [2.45, 2.75) is 13.3 Å². The van der Waals surface area contributed by atoms with Gasteiger partial charge in [-0.1, -0.05) is 42.9 Å². The van der Waals surface area contributed by atoms with Crippen LogP contribution in [0, 0.1) is 0 Å². The van der Waals surface area contributed by atoms with Crippen molar-refractivity contribution < 1.29 is 9.47 Å². The molecule has 0 atom stereocenters. The van der Waals surface area contributed by atoms with Gasteiger partial charge in [-0.3, -0.25) is 0 Å². The van der Waals surface area contributed by atoms with Gasteiger partial charge in [-0.15, -0.1) is 0 Å². The van der Waals surface area contributed by atoms with Crippen molar-refractivity contribution in [1.29, 1.82) is 0 Å². The average molecular weight is 322 g/mol. The van der Waals surface area contributed by atoms with E-state index < -0.39 is 0 Å². The second kappa shape index (κ2) is 7.29. The Morgan fingerprint density at radius 1 is 1.14 bits per heavy atom. The number of hydrogen-bond acceptors (Lipinski definition) is 3. The Morgan fingerprint density at radius 3 is 2.48 bits per heavy atom. The van der Waals surface area contributed by atoms with E-state index in [4.69, 9.17) is 39.0 Å². The Hall–Kier alpha value is -1.78. The summed E-state index contributed by atoms with van der Waals surface area (Å²) >= 11 is 11.1. The maximum atomic E-state index is 6.20. The molecule has 0 heterocycles. The second-order valence-electron chi connectivity index (χ2n) is 4.41. The molecule has 0 aliphatic rings. The van der Waals surface area contributed by atoms with E-state index in [0.29, 0.717) is 39.4 Å². The smallest absolute Gasteiger partial charge is 0.169 e. The molecule has 0 saturated carbocycles. The standard InChI is InChI=1S/C16H16ClNO2S/c1-2-9-19-14-5-3-4-6-15(14)20-13-8-7-11(16(18)21)10-12(13)17/h3-8,10H,2,9H2,1H3,(H2,18,21). The molecule has 2 aromatic rings. The highest BCUT2D eigenvalue weighted by atomic mass is 35.5. The maximum absolute atomic E-state index is 6.20. The zero-order chi connectivity index (χ0) is 15.2. The molecule has 2 N–H and O–H groups in total. The Kier molecular flexibility index (Phi) is 5.42. The van der Waals surface area contributed by atoms with Gasteiger partial charge in [0.1, 0.15) is 10.7 Å². The first-order valence-electron chi connectivity index (χ1n) is 6.61. The van der Waals surface area contributed by atoms with Crippen LogP contribution in [-0.4, -0.2) is 11.6 Å². The monoisotopic (exact) mass is 321 g/mol. The molecule has 21 heavy (non-hydrogen) atoms. The molecular weight excluding hydrogens is 306 g/mol. The fourth-order valence-corrected chi connectivity index (χ4v) is 2.07. The first-order valence-corrected chi connectivity index (χ1v) is 7.39. The lowest BCUT2D eigenvalue weighted by Gasteiger charge is -2.13. The summed E-state index contributed by atoms with van der Waals surface area (Å²) in [7, 11) is 0. The van der Waals surface area contributed by atoms with Crippen molar-refractivity contribution in [3.63, 3.8) is 0 Å². The van der Waals surface area contributed by atoms with Crippen LogP contribution in [0.5, 0.6) is 17.2 Å². The van der Waals surface area contributed by atoms with Gasteiger partial charge in [-0.05, 0) is 36.8 Å². The van der Waals surface area contributed by atoms with Crippen LogP contribution < -0.4 is 15.2 Å². The molecule has 0 fully saturated rings. The van der Waals surface area contributed by atoms with Crippen LogP contribution in [0.2, 0.25) is 5.02 Å². The van der Waals surface area contributed by atoms with Gasteiger partial charge in [-0.2, -0.15) is 0 Å². The number of ether oxygens (including phenoxy) is 2. The third-order valence-electron chi connectivity index (χ3n) is 2.75. The number of halogens is 1. The number of hydrogen-bond donors (Lipinski definition) is 1. The molecule has 0 radical (unpaired) electrons. The average Bonchev–Trinajstić information content (AvgIpc) is 2.48. The van der Waals surface area contributed by atoms with E-state index in [2.05, 4.69) is 6.92 Å². The third kappa shape index (κ3) is 4.09. The molecule has 2 aromatic carbocycles. The molecule has 3 nitrogen and oxygen atoms in total. The van der Waals surface area contributed by atoms with Crippen molar-refractivity contribution >= 4 is 28.8 Å². The van der Waals surface area contributed by atoms with Gasteiger partial charge >= 0.3 is 0 Å². The van der Waals surface area contributed by atoms with Crippen LogP contribution in [-0.2, 0) is 0 Å². The van der Waals surface area contributed by atoms with Crippen LogP contribution in [0.4, 0.5) is 0 Å². The van der Waals surface area contributed by atoms with Crippen LogP contribution >= 0.6 is 23.8 Å². The Balaban J connectivity index is 2.24. The molecule has 0 amide bonds. The largest absolute Gasteiger partial charge is 0.490 e. The molecule has 5 heteroatoms. The van der Waals surface area contributed by atoms with E-state index >= 15 is 0 Å². The van der Waals surface area contributed by atoms with E-state index in [-0.39, 0.29) is 0 Å². The summed E-state index contributed by atoms with van der Waals surface area (Å²) in [4.78, 5) is 0.301. The van der Waals surface area contributed by atoms with E-state index in [1.807, 2.05) is 24.3 Å². The fourth-order valence-electron chi connectivity index (χ4n) is 1.72. The van der Waals surface area contributed by atoms with Gasteiger partial charge in [0.15, 0.2) is 11.5 Å². The summed E-state index contributed by atoms with van der Waals surface area (Å²) < 4.78 is 11.5. The molecule has 110 valence electrons. The fraction of sp³-hybridized carbons (Fsp3) is 0.188. The third-order valence-corrected chi connectivity index (χ3v) is 3.28. The minimum Gasteiger partial charge on any atom is -0.490 e. The summed E-state index contributed by atoms with van der Waals surface area (Å²) in [5.74, 6) is 1.84.